The van der Waals surface area contributed by atoms with Gasteiger partial charge in [0.05, 0.1) is 14.7 Å². The normalized spacial score (nSPS) is 13.4. The molecular formula is C36H42O16S5. The highest BCUT2D eigenvalue weighted by Gasteiger charge is 2.33. The van der Waals surface area contributed by atoms with Gasteiger partial charge in [-0.2, -0.15) is 33.7 Å². The maximum absolute atomic E-state index is 13.8. The first-order chi connectivity index (χ1) is 26.0. The van der Waals surface area contributed by atoms with Crippen molar-refractivity contribution in [1.82, 2.24) is 0 Å². The quantitative estimate of drug-likeness (QED) is 0.0824. The highest BCUT2D eigenvalue weighted by molar-refractivity contribution is 7.91. The predicted molar refractivity (Wildman–Crippen MR) is 207 cm³/mol. The van der Waals surface area contributed by atoms with Gasteiger partial charge in [-0.15, -0.1) is 0 Å². The average molecular weight is 891 g/mol. The van der Waals surface area contributed by atoms with Crippen LogP contribution in [0.3, 0.4) is 0 Å². The summed E-state index contributed by atoms with van der Waals surface area (Å²) >= 11 is 0. The van der Waals surface area contributed by atoms with E-state index in [-0.39, 0.29) is 22.4 Å². The zero-order valence-electron chi connectivity index (χ0n) is 31.5. The minimum Gasteiger partial charge on any atom is -0.486 e. The lowest BCUT2D eigenvalue weighted by atomic mass is 9.78. The first-order valence-corrected chi connectivity index (χ1v) is 24.4. The van der Waals surface area contributed by atoms with Crippen molar-refractivity contribution in [2.75, 3.05) is 0 Å². The summed E-state index contributed by atoms with van der Waals surface area (Å²) in [6.07, 6.45) is 1.82. The fourth-order valence-electron chi connectivity index (χ4n) is 5.82. The van der Waals surface area contributed by atoms with Gasteiger partial charge in [0.25, 0.3) is 40.5 Å². The number of hydrogen-bond donors (Lipinski definition) is 4. The lowest BCUT2D eigenvalue weighted by Gasteiger charge is -2.29. The second-order valence-corrected chi connectivity index (χ2v) is 21.1. The van der Waals surface area contributed by atoms with E-state index in [1.807, 2.05) is 13.8 Å². The van der Waals surface area contributed by atoms with E-state index in [0.29, 0.717) is 31.7 Å². The molecule has 0 atom stereocenters. The van der Waals surface area contributed by atoms with Gasteiger partial charge in [-0.3, -0.25) is 18.2 Å². The van der Waals surface area contributed by atoms with Gasteiger partial charge in [0.15, 0.2) is 0 Å². The molecule has 4 N–H and O–H groups in total. The molecule has 0 bridgehead atoms. The van der Waals surface area contributed by atoms with Crippen LogP contribution < -0.4 is 9.47 Å². The predicted octanol–water partition coefficient (Wildman–Crippen LogP) is 7.00. The molecule has 0 aliphatic heterocycles. The van der Waals surface area contributed by atoms with E-state index in [9.17, 15) is 60.3 Å². The highest BCUT2D eigenvalue weighted by atomic mass is 32.2. The molecule has 4 aromatic carbocycles. The molecule has 16 nitrogen and oxygen atoms in total. The van der Waals surface area contributed by atoms with Crippen LogP contribution in [0.5, 0.6) is 17.2 Å². The summed E-state index contributed by atoms with van der Waals surface area (Å²) < 4.78 is 179. The second kappa shape index (κ2) is 16.0. The van der Waals surface area contributed by atoms with E-state index in [1.165, 1.54) is 24.3 Å². The summed E-state index contributed by atoms with van der Waals surface area (Å²) in [5.41, 5.74) is -1.45. The largest absolute Gasteiger partial charge is 0.486 e. The molecule has 0 amide bonds. The van der Waals surface area contributed by atoms with Crippen LogP contribution in [0.25, 0.3) is 11.1 Å². The molecule has 312 valence electrons. The molecule has 0 heterocycles. The van der Waals surface area contributed by atoms with Gasteiger partial charge in [0, 0.05) is 0 Å². The fourth-order valence-corrected chi connectivity index (χ4v) is 10.1. The van der Waals surface area contributed by atoms with Crippen LogP contribution in [0.4, 0.5) is 0 Å². The maximum Gasteiger partial charge on any atom is 0.298 e. The molecule has 4 aromatic rings. The number of hydrogen-bond acceptors (Lipinski definition) is 12. The molecule has 0 spiro atoms. The Labute approximate surface area is 332 Å². The summed E-state index contributed by atoms with van der Waals surface area (Å²) in [5, 5.41) is 0. The minimum atomic E-state index is -5.35. The van der Waals surface area contributed by atoms with Crippen molar-refractivity contribution < 1.29 is 69.8 Å². The summed E-state index contributed by atoms with van der Waals surface area (Å²) in [4.78, 5) is -4.91. The van der Waals surface area contributed by atoms with Crippen LogP contribution in [0.2, 0.25) is 0 Å². The van der Waals surface area contributed by atoms with Crippen molar-refractivity contribution in [2.24, 2.45) is 0 Å². The molecule has 0 aliphatic rings. The van der Waals surface area contributed by atoms with Gasteiger partial charge in [0.2, 0.25) is 9.84 Å². The van der Waals surface area contributed by atoms with E-state index in [4.69, 9.17) is 9.47 Å². The summed E-state index contributed by atoms with van der Waals surface area (Å²) in [5.74, 6) is -1.71. The Kier molecular flexibility index (Phi) is 12.9. The first kappa shape index (κ1) is 45.8. The van der Waals surface area contributed by atoms with Gasteiger partial charge in [-0.05, 0) is 109 Å². The van der Waals surface area contributed by atoms with Crippen LogP contribution in [0.15, 0.2) is 102 Å². The smallest absolute Gasteiger partial charge is 0.298 e. The number of sulfone groups is 1. The Morgan fingerprint density at radius 3 is 1.26 bits per heavy atom. The van der Waals surface area contributed by atoms with Crippen molar-refractivity contribution in [3.8, 4) is 28.4 Å². The zero-order chi connectivity index (χ0) is 43.2. The van der Waals surface area contributed by atoms with E-state index in [0.717, 1.165) is 42.5 Å². The van der Waals surface area contributed by atoms with Gasteiger partial charge >= 0.3 is 0 Å². The molecule has 21 heteroatoms. The molecule has 0 saturated heterocycles. The van der Waals surface area contributed by atoms with Crippen molar-refractivity contribution in [1.29, 1.82) is 0 Å². The van der Waals surface area contributed by atoms with Gasteiger partial charge in [-0.1, -0.05) is 52.8 Å². The van der Waals surface area contributed by atoms with E-state index in [1.54, 1.807) is 27.7 Å². The van der Waals surface area contributed by atoms with Gasteiger partial charge in [-0.25, -0.2) is 8.42 Å². The third kappa shape index (κ3) is 9.86. The fraction of sp³-hybridized carbons (Fsp3) is 0.333. The molecule has 0 aliphatic carbocycles. The SMILES string of the molecule is CCC(C)(CC)Oc1ccc(-c2ccc(Oc3ccc(S(=O)(=O)c4ccc(C(C)(CC)CC)c(S(=O)(=O)O)c4)cc3S(=O)(=O)O)c(S(=O)(=O)O)c2)cc1S(=O)(=O)O. The Morgan fingerprint density at radius 2 is 0.842 bits per heavy atom. The molecule has 0 saturated carbocycles. The maximum atomic E-state index is 13.8. The van der Waals surface area contributed by atoms with E-state index >= 15 is 0 Å². The van der Waals surface area contributed by atoms with E-state index in [2.05, 4.69) is 0 Å². The Balaban J connectivity index is 1.84. The van der Waals surface area contributed by atoms with Crippen molar-refractivity contribution in [3.63, 3.8) is 0 Å². The van der Waals surface area contributed by atoms with Gasteiger partial charge in [0.1, 0.15) is 37.5 Å². The number of benzene rings is 4. The van der Waals surface area contributed by atoms with Crippen molar-refractivity contribution >= 4 is 50.3 Å². The monoisotopic (exact) mass is 890 g/mol. The second-order valence-electron chi connectivity index (χ2n) is 13.6. The average Bonchev–Trinajstić information content (AvgIpc) is 3.13. The zero-order valence-corrected chi connectivity index (χ0v) is 35.6. The van der Waals surface area contributed by atoms with Crippen molar-refractivity contribution in [3.05, 3.63) is 78.4 Å². The van der Waals surface area contributed by atoms with Crippen LogP contribution in [0, 0.1) is 0 Å². The van der Waals surface area contributed by atoms with Gasteiger partial charge < -0.3 is 9.47 Å². The lowest BCUT2D eigenvalue weighted by Crippen LogP contribution is -2.31. The summed E-state index contributed by atoms with van der Waals surface area (Å²) in [7, 11) is -25.2. The summed E-state index contributed by atoms with van der Waals surface area (Å²) in [6.45, 7) is 10.7. The van der Waals surface area contributed by atoms with Crippen LogP contribution in [-0.4, -0.2) is 65.9 Å². The Morgan fingerprint density at radius 1 is 0.474 bits per heavy atom. The highest BCUT2D eigenvalue weighted by Crippen LogP contribution is 2.41. The van der Waals surface area contributed by atoms with Crippen molar-refractivity contribution in [2.45, 2.75) is 108 Å². The topological polar surface area (TPSA) is 270 Å². The standard InChI is InChI=1S/C36H42O16S5/c1-7-35(5,8-2)27-15-13-25(21-31(27)54(39,40)41)53(37,38)26-14-18-29(34(22-26)57(48,49)50)51-28-16-11-23(19-32(28)55(42,43)44)24-12-17-30(33(20-24)56(45,46)47)52-36(6,9-3)10-4/h11-22H,7-10H2,1-6H3,(H,39,40,41)(H,42,43,44)(H,45,46,47)(H,48,49,50). The Hall–Kier alpha value is -3.93. The molecule has 4 rings (SSSR count). The van der Waals surface area contributed by atoms with Crippen LogP contribution >= 0.6 is 0 Å². The summed E-state index contributed by atoms with van der Waals surface area (Å²) in [6, 6.07) is 11.7. The molecular weight excluding hydrogens is 849 g/mol. The molecule has 0 fully saturated rings. The molecule has 0 radical (unpaired) electrons. The third-order valence-corrected chi connectivity index (χ3v) is 15.4. The lowest BCUT2D eigenvalue weighted by molar-refractivity contribution is 0.0766. The Bertz CT molecular complexity index is 2770. The molecule has 57 heavy (non-hydrogen) atoms. The first-order valence-electron chi connectivity index (χ1n) is 17.1. The third-order valence-electron chi connectivity index (χ3n) is 10.1. The molecule has 0 aromatic heterocycles. The minimum absolute atomic E-state index is 0.0218. The van der Waals surface area contributed by atoms with E-state index < -0.39 is 102 Å². The van der Waals surface area contributed by atoms with Crippen LogP contribution in [-0.2, 0) is 55.7 Å². The number of rotatable bonds is 16. The number of ether oxygens (including phenoxy) is 2. The molecule has 0 unspecified atom stereocenters. The van der Waals surface area contributed by atoms with Crippen LogP contribution in [0.1, 0.15) is 72.8 Å².